The number of fused-ring (bicyclic) bond motifs is 1. The Morgan fingerprint density at radius 1 is 1.13 bits per heavy atom. The summed E-state index contributed by atoms with van der Waals surface area (Å²) in [6, 6.07) is 15.1. The number of aromatic nitrogens is 5. The summed E-state index contributed by atoms with van der Waals surface area (Å²) >= 11 is 1.52. The number of carbonyl (C=O) groups is 1. The Hall–Kier alpha value is -3.66. The van der Waals surface area contributed by atoms with E-state index in [2.05, 4.69) is 25.5 Å². The van der Waals surface area contributed by atoms with Crippen LogP contribution in [-0.4, -0.2) is 42.6 Å². The molecule has 0 aliphatic heterocycles. The maximum absolute atomic E-state index is 13.1. The van der Waals surface area contributed by atoms with Crippen molar-refractivity contribution in [1.29, 1.82) is 0 Å². The van der Waals surface area contributed by atoms with Gasteiger partial charge in [0.15, 0.2) is 5.82 Å². The van der Waals surface area contributed by atoms with Crippen LogP contribution in [0.15, 0.2) is 64.2 Å². The Labute approximate surface area is 180 Å². The molecule has 2 heterocycles. The average Bonchev–Trinajstić information content (AvgIpc) is 3.25. The molecule has 9 nitrogen and oxygen atoms in total. The van der Waals surface area contributed by atoms with E-state index >= 15 is 0 Å². The van der Waals surface area contributed by atoms with Gasteiger partial charge in [-0.2, -0.15) is 16.7 Å². The number of hydrogen-bond donors (Lipinski definition) is 3. The smallest absolute Gasteiger partial charge is 0.307 e. The highest BCUT2D eigenvalue weighted by atomic mass is 32.2. The summed E-state index contributed by atoms with van der Waals surface area (Å²) in [5.74, 6) is 0.621. The van der Waals surface area contributed by atoms with Gasteiger partial charge in [-0.25, -0.2) is 9.36 Å². The van der Waals surface area contributed by atoms with Crippen LogP contribution >= 0.6 is 11.8 Å². The number of aromatic amines is 2. The molecule has 1 amide bonds. The van der Waals surface area contributed by atoms with E-state index in [-0.39, 0.29) is 5.95 Å². The SMILES string of the molecule is CSCCC(C(=O)Nc1n[nH]c(-c2ccccc2)n1)n1c(=O)[nH]c2ccccc2c1=O. The number of H-pyrrole nitrogens is 2. The fourth-order valence-electron chi connectivity index (χ4n) is 3.30. The number of hydrogen-bond acceptors (Lipinski definition) is 6. The van der Waals surface area contributed by atoms with Crippen LogP contribution in [0.1, 0.15) is 12.5 Å². The second-order valence-electron chi connectivity index (χ2n) is 6.81. The lowest BCUT2D eigenvalue weighted by Crippen LogP contribution is -2.43. The molecule has 0 radical (unpaired) electrons. The minimum atomic E-state index is -1.01. The molecule has 1 atom stereocenters. The molecular weight excluding hydrogens is 416 g/mol. The second kappa shape index (κ2) is 9.00. The zero-order chi connectivity index (χ0) is 21.8. The first kappa shape index (κ1) is 20.6. The molecule has 1 unspecified atom stereocenters. The molecule has 10 heteroatoms. The lowest BCUT2D eigenvalue weighted by atomic mass is 10.2. The first-order chi connectivity index (χ1) is 15.1. The molecular formula is C21H20N6O3S. The van der Waals surface area contributed by atoms with Crippen LogP contribution < -0.4 is 16.6 Å². The van der Waals surface area contributed by atoms with Crippen molar-refractivity contribution in [2.75, 3.05) is 17.3 Å². The van der Waals surface area contributed by atoms with Gasteiger partial charge >= 0.3 is 5.69 Å². The molecule has 158 valence electrons. The van der Waals surface area contributed by atoms with Crippen molar-refractivity contribution in [1.82, 2.24) is 24.7 Å². The maximum atomic E-state index is 13.1. The van der Waals surface area contributed by atoms with Crippen LogP contribution in [0.2, 0.25) is 0 Å². The van der Waals surface area contributed by atoms with Crippen molar-refractivity contribution in [2.45, 2.75) is 12.5 Å². The molecule has 4 aromatic rings. The number of rotatable bonds is 7. The van der Waals surface area contributed by atoms with E-state index in [1.807, 2.05) is 36.6 Å². The van der Waals surface area contributed by atoms with Gasteiger partial charge in [-0.15, -0.1) is 5.10 Å². The van der Waals surface area contributed by atoms with Crippen LogP contribution in [0.5, 0.6) is 0 Å². The number of para-hydroxylation sites is 1. The van der Waals surface area contributed by atoms with Crippen LogP contribution in [-0.2, 0) is 4.79 Å². The summed E-state index contributed by atoms with van der Waals surface area (Å²) in [4.78, 5) is 45.8. The van der Waals surface area contributed by atoms with Gasteiger partial charge in [-0.1, -0.05) is 42.5 Å². The zero-order valence-electron chi connectivity index (χ0n) is 16.7. The van der Waals surface area contributed by atoms with Gasteiger partial charge in [-0.3, -0.25) is 20.0 Å². The Kier molecular flexibility index (Phi) is 5.99. The number of anilines is 1. The first-order valence-electron chi connectivity index (χ1n) is 9.59. The minimum Gasteiger partial charge on any atom is -0.307 e. The van der Waals surface area contributed by atoms with Gasteiger partial charge in [0, 0.05) is 5.56 Å². The third-order valence-electron chi connectivity index (χ3n) is 4.81. The number of amides is 1. The fraction of sp³-hybridized carbons (Fsp3) is 0.190. The van der Waals surface area contributed by atoms with E-state index in [0.717, 1.165) is 10.1 Å². The molecule has 0 saturated heterocycles. The van der Waals surface area contributed by atoms with Crippen molar-refractivity contribution in [3.63, 3.8) is 0 Å². The van der Waals surface area contributed by atoms with Crippen molar-refractivity contribution in [3.8, 4) is 11.4 Å². The molecule has 0 aliphatic rings. The molecule has 31 heavy (non-hydrogen) atoms. The Morgan fingerprint density at radius 3 is 2.65 bits per heavy atom. The second-order valence-corrected chi connectivity index (χ2v) is 7.80. The van der Waals surface area contributed by atoms with Gasteiger partial charge in [0.05, 0.1) is 10.9 Å². The topological polar surface area (TPSA) is 126 Å². The molecule has 2 aromatic heterocycles. The molecule has 3 N–H and O–H groups in total. The fourth-order valence-corrected chi connectivity index (χ4v) is 3.76. The van der Waals surface area contributed by atoms with Gasteiger partial charge in [0.1, 0.15) is 6.04 Å². The number of carbonyl (C=O) groups excluding carboxylic acids is 1. The maximum Gasteiger partial charge on any atom is 0.329 e. The predicted molar refractivity (Wildman–Crippen MR) is 121 cm³/mol. The van der Waals surface area contributed by atoms with Gasteiger partial charge < -0.3 is 4.98 Å². The van der Waals surface area contributed by atoms with E-state index in [1.165, 1.54) is 11.8 Å². The lowest BCUT2D eigenvalue weighted by Gasteiger charge is -2.17. The van der Waals surface area contributed by atoms with Gasteiger partial charge in [-0.05, 0) is 30.6 Å². The van der Waals surface area contributed by atoms with E-state index in [0.29, 0.717) is 28.9 Å². The third kappa shape index (κ3) is 4.29. The molecule has 4 rings (SSSR count). The summed E-state index contributed by atoms with van der Waals surface area (Å²) in [6.07, 6.45) is 2.19. The Bertz CT molecular complexity index is 1330. The Morgan fingerprint density at radius 2 is 1.87 bits per heavy atom. The highest BCUT2D eigenvalue weighted by Crippen LogP contribution is 2.18. The normalized spacial score (nSPS) is 12.0. The van der Waals surface area contributed by atoms with Crippen LogP contribution in [0.4, 0.5) is 5.95 Å². The molecule has 0 spiro atoms. The number of benzene rings is 2. The minimum absolute atomic E-state index is 0.0725. The molecule has 0 fully saturated rings. The van der Waals surface area contributed by atoms with Gasteiger partial charge in [0.25, 0.3) is 5.56 Å². The summed E-state index contributed by atoms with van der Waals surface area (Å²) in [5, 5.41) is 9.79. The van der Waals surface area contributed by atoms with Crippen molar-refractivity contribution < 1.29 is 4.79 Å². The highest BCUT2D eigenvalue weighted by molar-refractivity contribution is 7.98. The van der Waals surface area contributed by atoms with Crippen molar-refractivity contribution >= 4 is 34.5 Å². The molecule has 0 aliphatic carbocycles. The monoisotopic (exact) mass is 436 g/mol. The highest BCUT2D eigenvalue weighted by Gasteiger charge is 2.25. The molecule has 2 aromatic carbocycles. The third-order valence-corrected chi connectivity index (χ3v) is 5.46. The van der Waals surface area contributed by atoms with Crippen molar-refractivity contribution in [3.05, 3.63) is 75.4 Å². The van der Waals surface area contributed by atoms with Gasteiger partial charge in [0.2, 0.25) is 11.9 Å². The summed E-state index contributed by atoms with van der Waals surface area (Å²) in [6.45, 7) is 0. The van der Waals surface area contributed by atoms with Crippen LogP contribution in [0, 0.1) is 0 Å². The summed E-state index contributed by atoms with van der Waals surface area (Å²) < 4.78 is 0.971. The lowest BCUT2D eigenvalue weighted by molar-refractivity contribution is -0.119. The van der Waals surface area contributed by atoms with E-state index in [1.54, 1.807) is 24.3 Å². The molecule has 0 saturated carbocycles. The van der Waals surface area contributed by atoms with E-state index in [9.17, 15) is 14.4 Å². The summed E-state index contributed by atoms with van der Waals surface area (Å²) in [7, 11) is 0. The van der Waals surface area contributed by atoms with E-state index in [4.69, 9.17) is 0 Å². The number of nitrogens with zero attached hydrogens (tertiary/aromatic N) is 3. The summed E-state index contributed by atoms with van der Waals surface area (Å²) in [5.41, 5.74) is 0.0985. The number of thioether (sulfide) groups is 1. The first-order valence-corrected chi connectivity index (χ1v) is 11.0. The predicted octanol–water partition coefficient (Wildman–Crippen LogP) is 2.41. The standard InChI is InChI=1S/C21H20N6O3S/c1-31-12-11-16(27-19(29)14-9-5-6-10-15(14)22-21(27)30)18(28)24-20-23-17(25-26-20)13-7-3-2-4-8-13/h2-10,16H,11-12H2,1H3,(H,22,30)(H2,23,24,25,26,28). The number of nitrogens with one attached hydrogen (secondary N) is 3. The van der Waals surface area contributed by atoms with Crippen LogP contribution in [0.3, 0.4) is 0 Å². The largest absolute Gasteiger partial charge is 0.329 e. The molecule has 0 bridgehead atoms. The van der Waals surface area contributed by atoms with Crippen LogP contribution in [0.25, 0.3) is 22.3 Å². The quantitative estimate of drug-likeness (QED) is 0.408. The van der Waals surface area contributed by atoms with Crippen molar-refractivity contribution in [2.24, 2.45) is 0 Å². The Balaban J connectivity index is 1.67. The zero-order valence-corrected chi connectivity index (χ0v) is 17.5. The average molecular weight is 436 g/mol. The van der Waals surface area contributed by atoms with E-state index < -0.39 is 23.2 Å².